The molecule has 3 unspecified atom stereocenters. The largest absolute Gasteiger partial charge is 0.479 e. The first-order valence-electron chi connectivity index (χ1n) is 11.0. The summed E-state index contributed by atoms with van der Waals surface area (Å²) in [5.41, 5.74) is -2.57. The lowest BCUT2D eigenvalue weighted by atomic mass is 9.85. The number of carbonyl (C=O) groups is 4. The Bertz CT molecular complexity index is 739. The van der Waals surface area contributed by atoms with Crippen molar-refractivity contribution in [2.24, 2.45) is 11.3 Å². The van der Waals surface area contributed by atoms with Crippen LogP contribution in [0.3, 0.4) is 0 Å². The Labute approximate surface area is 184 Å². The molecular formula is C22H37N3O6. The van der Waals surface area contributed by atoms with Crippen LogP contribution >= 0.6 is 0 Å². The van der Waals surface area contributed by atoms with Crippen molar-refractivity contribution in [3.05, 3.63) is 0 Å². The molecular weight excluding hydrogens is 402 g/mol. The minimum absolute atomic E-state index is 0.101. The van der Waals surface area contributed by atoms with Gasteiger partial charge in [0.1, 0.15) is 23.2 Å². The van der Waals surface area contributed by atoms with Crippen molar-refractivity contribution in [3.8, 4) is 0 Å². The Morgan fingerprint density at radius 1 is 1.16 bits per heavy atom. The first-order chi connectivity index (χ1) is 14.1. The molecule has 176 valence electrons. The Morgan fingerprint density at radius 2 is 1.77 bits per heavy atom. The van der Waals surface area contributed by atoms with Gasteiger partial charge in [-0.15, -0.1) is 0 Å². The minimum Gasteiger partial charge on any atom is -0.479 e. The van der Waals surface area contributed by atoms with E-state index in [0.717, 1.165) is 0 Å². The zero-order valence-corrected chi connectivity index (χ0v) is 19.7. The van der Waals surface area contributed by atoms with E-state index in [2.05, 4.69) is 10.6 Å². The molecule has 1 saturated heterocycles. The fourth-order valence-corrected chi connectivity index (χ4v) is 4.14. The first-order valence-corrected chi connectivity index (χ1v) is 11.0. The highest BCUT2D eigenvalue weighted by Gasteiger charge is 2.61. The molecule has 1 aliphatic carbocycles. The van der Waals surface area contributed by atoms with Gasteiger partial charge in [-0.1, -0.05) is 34.1 Å². The monoisotopic (exact) mass is 439 g/mol. The van der Waals surface area contributed by atoms with Crippen LogP contribution in [0.25, 0.3) is 0 Å². The van der Waals surface area contributed by atoms with Gasteiger partial charge in [-0.25, -0.2) is 9.59 Å². The molecule has 3 amide bonds. The predicted molar refractivity (Wildman–Crippen MR) is 114 cm³/mol. The van der Waals surface area contributed by atoms with E-state index in [1.54, 1.807) is 20.8 Å². The molecule has 0 aromatic carbocycles. The number of hydrogen-bond acceptors (Lipinski definition) is 5. The number of nitrogens with one attached hydrogen (secondary N) is 2. The molecule has 1 heterocycles. The number of amides is 3. The lowest BCUT2D eigenvalue weighted by Gasteiger charge is -2.36. The third kappa shape index (κ3) is 5.68. The number of rotatable bonds is 6. The standard InChI is InChI=1S/C22H37N3O6/c1-8-13-12-22(13,18(28)29)24-16(26)14-10-9-11-25(14)17(27)15(20(2,3)4)23-19(30)31-21(5,6)7/h13-15H,8-12H2,1-7H3,(H,23,30)(H,24,26)(H,28,29)/t13?,14?,15-,22?/m1/s1. The molecule has 0 aromatic rings. The molecule has 9 heteroatoms. The summed E-state index contributed by atoms with van der Waals surface area (Å²) in [7, 11) is 0. The average molecular weight is 440 g/mol. The predicted octanol–water partition coefficient (Wildman–Crippen LogP) is 2.29. The molecule has 31 heavy (non-hydrogen) atoms. The van der Waals surface area contributed by atoms with E-state index in [1.807, 2.05) is 27.7 Å². The second-order valence-electron chi connectivity index (χ2n) is 10.7. The van der Waals surface area contributed by atoms with Crippen molar-refractivity contribution >= 4 is 23.9 Å². The van der Waals surface area contributed by atoms with Crippen LogP contribution in [-0.2, 0) is 19.1 Å². The summed E-state index contributed by atoms with van der Waals surface area (Å²) in [6.07, 6.45) is 1.44. The number of hydrogen-bond donors (Lipinski definition) is 3. The molecule has 2 fully saturated rings. The van der Waals surface area contributed by atoms with Crippen LogP contribution in [0.5, 0.6) is 0 Å². The van der Waals surface area contributed by atoms with Crippen molar-refractivity contribution in [2.75, 3.05) is 6.54 Å². The van der Waals surface area contributed by atoms with E-state index in [-0.39, 0.29) is 11.8 Å². The minimum atomic E-state index is -1.23. The van der Waals surface area contributed by atoms with Crippen LogP contribution in [-0.4, -0.2) is 63.7 Å². The maximum Gasteiger partial charge on any atom is 0.408 e. The van der Waals surface area contributed by atoms with Gasteiger partial charge in [0.25, 0.3) is 0 Å². The van der Waals surface area contributed by atoms with E-state index in [4.69, 9.17) is 4.74 Å². The van der Waals surface area contributed by atoms with Gasteiger partial charge in [-0.05, 0) is 51.4 Å². The molecule has 4 atom stereocenters. The van der Waals surface area contributed by atoms with Gasteiger partial charge in [0.15, 0.2) is 0 Å². The summed E-state index contributed by atoms with van der Waals surface area (Å²) in [5, 5.41) is 15.0. The van der Waals surface area contributed by atoms with Gasteiger partial charge in [-0.3, -0.25) is 9.59 Å². The third-order valence-corrected chi connectivity index (χ3v) is 5.94. The lowest BCUT2D eigenvalue weighted by Crippen LogP contribution is -2.59. The van der Waals surface area contributed by atoms with Gasteiger partial charge >= 0.3 is 12.1 Å². The molecule has 2 aliphatic rings. The highest BCUT2D eigenvalue weighted by Crippen LogP contribution is 2.46. The van der Waals surface area contributed by atoms with Crippen molar-refractivity contribution in [1.82, 2.24) is 15.5 Å². The van der Waals surface area contributed by atoms with Crippen molar-refractivity contribution in [1.29, 1.82) is 0 Å². The number of carbonyl (C=O) groups excluding carboxylic acids is 3. The maximum absolute atomic E-state index is 13.4. The molecule has 0 radical (unpaired) electrons. The SMILES string of the molecule is CCC1CC1(NC(=O)C1CCCN1C(=O)[C@@H](NC(=O)OC(C)(C)C)C(C)(C)C)C(=O)O. The highest BCUT2D eigenvalue weighted by atomic mass is 16.6. The summed E-state index contributed by atoms with van der Waals surface area (Å²) in [6.45, 7) is 13.0. The Kier molecular flexibility index (Phi) is 6.97. The average Bonchev–Trinajstić information content (AvgIpc) is 3.10. The molecule has 1 saturated carbocycles. The second-order valence-corrected chi connectivity index (χ2v) is 10.7. The molecule has 0 spiro atoms. The number of ether oxygens (including phenoxy) is 1. The van der Waals surface area contributed by atoms with Crippen LogP contribution in [0.15, 0.2) is 0 Å². The van der Waals surface area contributed by atoms with Gasteiger partial charge in [0.05, 0.1) is 0 Å². The lowest BCUT2D eigenvalue weighted by molar-refractivity contribution is -0.146. The van der Waals surface area contributed by atoms with Crippen LogP contribution in [0.1, 0.15) is 74.1 Å². The van der Waals surface area contributed by atoms with Gasteiger partial charge in [0.2, 0.25) is 11.8 Å². The van der Waals surface area contributed by atoms with E-state index in [0.29, 0.717) is 32.2 Å². The van der Waals surface area contributed by atoms with Gasteiger partial charge in [0, 0.05) is 6.54 Å². The quantitative estimate of drug-likeness (QED) is 0.583. The summed E-state index contributed by atoms with van der Waals surface area (Å²) in [5.74, 6) is -1.96. The van der Waals surface area contributed by atoms with E-state index >= 15 is 0 Å². The Balaban J connectivity index is 2.16. The van der Waals surface area contributed by atoms with E-state index < -0.39 is 46.6 Å². The highest BCUT2D eigenvalue weighted by molar-refractivity contribution is 5.96. The maximum atomic E-state index is 13.4. The summed E-state index contributed by atoms with van der Waals surface area (Å²) >= 11 is 0. The molecule has 3 N–H and O–H groups in total. The number of likely N-dealkylation sites (tertiary alicyclic amines) is 1. The van der Waals surface area contributed by atoms with Crippen molar-refractivity contribution in [2.45, 2.75) is 97.4 Å². The summed E-state index contributed by atoms with van der Waals surface area (Å²) in [4.78, 5) is 51.9. The number of carboxylic acids is 1. The smallest absolute Gasteiger partial charge is 0.408 e. The second kappa shape index (κ2) is 8.67. The van der Waals surface area contributed by atoms with Crippen LogP contribution in [0, 0.1) is 11.3 Å². The topological polar surface area (TPSA) is 125 Å². The summed E-state index contributed by atoms with van der Waals surface area (Å²) in [6, 6.07) is -1.65. The molecule has 2 rings (SSSR count). The zero-order valence-electron chi connectivity index (χ0n) is 19.7. The van der Waals surface area contributed by atoms with E-state index in [9.17, 15) is 24.3 Å². The van der Waals surface area contributed by atoms with Crippen molar-refractivity contribution in [3.63, 3.8) is 0 Å². The molecule has 0 bridgehead atoms. The Hall–Kier alpha value is -2.32. The van der Waals surface area contributed by atoms with Crippen LogP contribution in [0.2, 0.25) is 0 Å². The molecule has 1 aliphatic heterocycles. The molecule has 0 aromatic heterocycles. The zero-order chi connectivity index (χ0) is 23.8. The van der Waals surface area contributed by atoms with Crippen LogP contribution in [0.4, 0.5) is 4.79 Å². The van der Waals surface area contributed by atoms with Crippen molar-refractivity contribution < 1.29 is 29.0 Å². The number of alkyl carbamates (subject to hydrolysis) is 1. The molecule has 9 nitrogen and oxygen atoms in total. The fourth-order valence-electron chi connectivity index (χ4n) is 4.14. The summed E-state index contributed by atoms with van der Waals surface area (Å²) < 4.78 is 5.31. The van der Waals surface area contributed by atoms with Crippen LogP contribution < -0.4 is 10.6 Å². The normalized spacial score (nSPS) is 26.7. The first kappa shape index (κ1) is 24.9. The van der Waals surface area contributed by atoms with E-state index in [1.165, 1.54) is 4.90 Å². The number of aliphatic carboxylic acids is 1. The fraction of sp³-hybridized carbons (Fsp3) is 0.818. The number of carboxylic acid groups (broad SMARTS) is 1. The third-order valence-electron chi connectivity index (χ3n) is 5.94. The van der Waals surface area contributed by atoms with Gasteiger partial charge < -0.3 is 25.4 Å². The van der Waals surface area contributed by atoms with Gasteiger partial charge in [-0.2, -0.15) is 0 Å². The Morgan fingerprint density at radius 3 is 2.23 bits per heavy atom. The number of nitrogens with zero attached hydrogens (tertiary/aromatic N) is 1.